The maximum absolute atomic E-state index is 10.9. The van der Waals surface area contributed by atoms with Crippen molar-refractivity contribution in [1.29, 1.82) is 0 Å². The molecule has 5 nitrogen and oxygen atoms in total. The quantitative estimate of drug-likeness (QED) is 0.857. The molecule has 94 valence electrons. The molecule has 0 bridgehead atoms. The van der Waals surface area contributed by atoms with Crippen molar-refractivity contribution < 1.29 is 19.4 Å². The molecule has 2 heterocycles. The molecule has 1 aliphatic rings. The zero-order valence-electron chi connectivity index (χ0n) is 9.42. The van der Waals surface area contributed by atoms with Gasteiger partial charge in [-0.15, -0.1) is 11.3 Å². The highest BCUT2D eigenvalue weighted by atomic mass is 32.1. The van der Waals surface area contributed by atoms with Gasteiger partial charge in [0.25, 0.3) is 0 Å². The Kier molecular flexibility index (Phi) is 4.36. The van der Waals surface area contributed by atoms with Gasteiger partial charge in [0.05, 0.1) is 13.2 Å². The predicted octanol–water partition coefficient (Wildman–Crippen LogP) is 1.16. The second kappa shape index (κ2) is 6.00. The minimum atomic E-state index is -0.929. The summed E-state index contributed by atoms with van der Waals surface area (Å²) in [6, 6.07) is 1.70. The third-order valence-corrected chi connectivity index (χ3v) is 3.48. The molecule has 0 aromatic carbocycles. The number of carboxylic acid groups (broad SMARTS) is 1. The van der Waals surface area contributed by atoms with Gasteiger partial charge in [0, 0.05) is 19.6 Å². The number of hydrogen-bond donors (Lipinski definition) is 1. The second-order valence-electron chi connectivity index (χ2n) is 3.72. The molecule has 1 aromatic heterocycles. The van der Waals surface area contributed by atoms with Crippen LogP contribution in [0.3, 0.4) is 0 Å². The summed E-state index contributed by atoms with van der Waals surface area (Å²) in [5, 5.41) is 10.6. The highest BCUT2D eigenvalue weighted by Crippen LogP contribution is 2.24. The molecule has 1 aliphatic heterocycles. The number of aromatic carboxylic acids is 1. The van der Waals surface area contributed by atoms with Gasteiger partial charge in [-0.1, -0.05) is 0 Å². The molecule has 17 heavy (non-hydrogen) atoms. The van der Waals surface area contributed by atoms with Gasteiger partial charge in [-0.2, -0.15) is 0 Å². The Labute approximate surface area is 104 Å². The first-order valence-electron chi connectivity index (χ1n) is 5.51. The van der Waals surface area contributed by atoms with Crippen LogP contribution in [0.25, 0.3) is 0 Å². The van der Waals surface area contributed by atoms with E-state index < -0.39 is 5.97 Å². The van der Waals surface area contributed by atoms with Crippen molar-refractivity contribution in [3.63, 3.8) is 0 Å². The molecule has 0 amide bonds. The van der Waals surface area contributed by atoms with Crippen molar-refractivity contribution in [3.8, 4) is 5.75 Å². The molecule has 6 heteroatoms. The Balaban J connectivity index is 1.77. The van der Waals surface area contributed by atoms with Crippen molar-refractivity contribution in [1.82, 2.24) is 4.90 Å². The highest BCUT2D eigenvalue weighted by molar-refractivity contribution is 7.12. The Bertz CT molecular complexity index is 373. The number of morpholine rings is 1. The lowest BCUT2D eigenvalue weighted by Gasteiger charge is -2.26. The summed E-state index contributed by atoms with van der Waals surface area (Å²) < 4.78 is 10.7. The van der Waals surface area contributed by atoms with Gasteiger partial charge in [0.15, 0.2) is 4.88 Å². The average molecular weight is 257 g/mol. The summed E-state index contributed by atoms with van der Waals surface area (Å²) in [5.41, 5.74) is 0. The normalized spacial score (nSPS) is 16.9. The molecule has 0 atom stereocenters. The first-order valence-corrected chi connectivity index (χ1v) is 6.39. The van der Waals surface area contributed by atoms with E-state index in [-0.39, 0.29) is 4.88 Å². The zero-order chi connectivity index (χ0) is 12.1. The number of carbonyl (C=O) groups is 1. The first-order chi connectivity index (χ1) is 8.27. The van der Waals surface area contributed by atoms with Crippen LogP contribution in [0.1, 0.15) is 9.67 Å². The minimum Gasteiger partial charge on any atom is -0.490 e. The van der Waals surface area contributed by atoms with E-state index in [1.807, 2.05) is 0 Å². The van der Waals surface area contributed by atoms with Crippen molar-refractivity contribution in [2.45, 2.75) is 0 Å². The van der Waals surface area contributed by atoms with Gasteiger partial charge in [0.1, 0.15) is 12.4 Å². The van der Waals surface area contributed by atoms with E-state index >= 15 is 0 Å². The largest absolute Gasteiger partial charge is 0.490 e. The van der Waals surface area contributed by atoms with Gasteiger partial charge in [-0.3, -0.25) is 4.90 Å². The maximum Gasteiger partial charge on any atom is 0.349 e. The van der Waals surface area contributed by atoms with Crippen LogP contribution >= 0.6 is 11.3 Å². The summed E-state index contributed by atoms with van der Waals surface area (Å²) in [5.74, 6) is -0.461. The zero-order valence-corrected chi connectivity index (χ0v) is 10.2. The molecular weight excluding hydrogens is 242 g/mol. The summed E-state index contributed by atoms with van der Waals surface area (Å²) >= 11 is 1.19. The molecule has 0 radical (unpaired) electrons. The van der Waals surface area contributed by atoms with Gasteiger partial charge in [-0.05, 0) is 11.4 Å². The smallest absolute Gasteiger partial charge is 0.349 e. The fourth-order valence-corrected chi connectivity index (χ4v) is 2.35. The van der Waals surface area contributed by atoms with Crippen molar-refractivity contribution in [3.05, 3.63) is 16.3 Å². The molecule has 0 unspecified atom stereocenters. The van der Waals surface area contributed by atoms with E-state index in [9.17, 15) is 4.79 Å². The van der Waals surface area contributed by atoms with Crippen molar-refractivity contribution in [2.75, 3.05) is 39.5 Å². The van der Waals surface area contributed by atoms with E-state index in [1.165, 1.54) is 11.3 Å². The minimum absolute atomic E-state index is 0.270. The standard InChI is InChI=1S/C11H15NO4S/c13-11(14)10-9(1-8-17-10)16-7-4-12-2-5-15-6-3-12/h1,8H,2-7H2,(H,13,14). The van der Waals surface area contributed by atoms with Crippen LogP contribution in [0.2, 0.25) is 0 Å². The van der Waals surface area contributed by atoms with Gasteiger partial charge >= 0.3 is 5.97 Å². The third-order valence-electron chi connectivity index (χ3n) is 2.59. The van der Waals surface area contributed by atoms with Gasteiger partial charge in [0.2, 0.25) is 0 Å². The summed E-state index contributed by atoms with van der Waals surface area (Å²) in [6.07, 6.45) is 0. The van der Waals surface area contributed by atoms with Crippen molar-refractivity contribution in [2.24, 2.45) is 0 Å². The lowest BCUT2D eigenvalue weighted by Crippen LogP contribution is -2.38. The van der Waals surface area contributed by atoms with E-state index in [4.69, 9.17) is 14.6 Å². The Morgan fingerprint density at radius 1 is 1.53 bits per heavy atom. The third kappa shape index (κ3) is 3.42. The molecule has 0 aliphatic carbocycles. The average Bonchev–Trinajstić information content (AvgIpc) is 2.79. The van der Waals surface area contributed by atoms with Crippen molar-refractivity contribution >= 4 is 17.3 Å². The lowest BCUT2D eigenvalue weighted by atomic mass is 10.4. The Morgan fingerprint density at radius 2 is 2.29 bits per heavy atom. The molecule has 0 spiro atoms. The molecule has 1 aromatic rings. The monoisotopic (exact) mass is 257 g/mol. The van der Waals surface area contributed by atoms with Crippen LogP contribution in [0.15, 0.2) is 11.4 Å². The molecule has 1 saturated heterocycles. The van der Waals surface area contributed by atoms with Gasteiger partial charge in [-0.25, -0.2) is 4.79 Å². The first kappa shape index (κ1) is 12.3. The number of carboxylic acids is 1. The number of hydrogen-bond acceptors (Lipinski definition) is 5. The van der Waals surface area contributed by atoms with Crippen LogP contribution in [0, 0.1) is 0 Å². The van der Waals surface area contributed by atoms with Crippen LogP contribution in [0.5, 0.6) is 5.75 Å². The number of rotatable bonds is 5. The Morgan fingerprint density at radius 3 is 3.00 bits per heavy atom. The fourth-order valence-electron chi connectivity index (χ4n) is 1.68. The summed E-state index contributed by atoms with van der Waals surface area (Å²) in [4.78, 5) is 13.4. The van der Waals surface area contributed by atoms with Crippen LogP contribution in [0.4, 0.5) is 0 Å². The molecule has 0 saturated carbocycles. The fraction of sp³-hybridized carbons (Fsp3) is 0.545. The van der Waals surface area contributed by atoms with E-state index in [0.717, 1.165) is 32.8 Å². The topological polar surface area (TPSA) is 59.0 Å². The number of thiophene rings is 1. The second-order valence-corrected chi connectivity index (χ2v) is 4.64. The highest BCUT2D eigenvalue weighted by Gasteiger charge is 2.14. The Hall–Kier alpha value is -1.11. The predicted molar refractivity (Wildman–Crippen MR) is 64.0 cm³/mol. The lowest BCUT2D eigenvalue weighted by molar-refractivity contribution is 0.0322. The SMILES string of the molecule is O=C(O)c1sccc1OCCN1CCOCC1. The molecular formula is C11H15NO4S. The van der Waals surface area contributed by atoms with Crippen LogP contribution in [-0.2, 0) is 4.74 Å². The van der Waals surface area contributed by atoms with Gasteiger partial charge < -0.3 is 14.6 Å². The maximum atomic E-state index is 10.9. The molecule has 2 rings (SSSR count). The molecule has 1 fully saturated rings. The van der Waals surface area contributed by atoms with Crippen LogP contribution < -0.4 is 4.74 Å². The molecule has 1 N–H and O–H groups in total. The van der Waals surface area contributed by atoms with E-state index in [2.05, 4.69) is 4.90 Å². The number of ether oxygens (including phenoxy) is 2. The van der Waals surface area contributed by atoms with E-state index in [0.29, 0.717) is 12.4 Å². The van der Waals surface area contributed by atoms with Crippen LogP contribution in [-0.4, -0.2) is 55.4 Å². The number of nitrogens with zero attached hydrogens (tertiary/aromatic N) is 1. The summed E-state index contributed by atoms with van der Waals surface area (Å²) in [7, 11) is 0. The summed E-state index contributed by atoms with van der Waals surface area (Å²) in [6.45, 7) is 4.67. The van der Waals surface area contributed by atoms with E-state index in [1.54, 1.807) is 11.4 Å².